The minimum absolute atomic E-state index is 0.372. The number of ether oxygens (including phenoxy) is 1. The summed E-state index contributed by atoms with van der Waals surface area (Å²) in [7, 11) is 0. The summed E-state index contributed by atoms with van der Waals surface area (Å²) in [5.74, 6) is 0.579. The molecule has 0 unspecified atom stereocenters. The first-order chi connectivity index (χ1) is 7.15. The summed E-state index contributed by atoms with van der Waals surface area (Å²) in [6.45, 7) is 2.06. The van der Waals surface area contributed by atoms with Gasteiger partial charge in [0.2, 0.25) is 0 Å². The van der Waals surface area contributed by atoms with Gasteiger partial charge < -0.3 is 9.84 Å². The third-order valence-corrected chi connectivity index (χ3v) is 2.34. The molecule has 1 N–H and O–H groups in total. The Morgan fingerprint density at radius 3 is 2.80 bits per heavy atom. The van der Waals surface area contributed by atoms with Crippen molar-refractivity contribution in [1.82, 2.24) is 0 Å². The molecule has 0 heterocycles. The molecule has 2 nitrogen and oxygen atoms in total. The molecule has 1 aromatic rings. The van der Waals surface area contributed by atoms with Crippen molar-refractivity contribution in [1.29, 1.82) is 0 Å². The van der Waals surface area contributed by atoms with Crippen LogP contribution in [0.25, 0.3) is 0 Å². The lowest BCUT2D eigenvalue weighted by Gasteiger charge is -2.09. The average Bonchev–Trinajstić information content (AvgIpc) is 2.20. The summed E-state index contributed by atoms with van der Waals surface area (Å²) in [4.78, 5) is 0. The molecule has 82 valence electrons. The fraction of sp³-hybridized carbons (Fsp3) is 0.273. The molecule has 1 aromatic carbocycles. The van der Waals surface area contributed by atoms with Crippen LogP contribution in [0.1, 0.15) is 18.6 Å². The third-order valence-electron chi connectivity index (χ3n) is 1.86. The summed E-state index contributed by atoms with van der Waals surface area (Å²) >= 11 is 11.3. The first-order valence-corrected chi connectivity index (χ1v) is 5.32. The molecule has 0 saturated heterocycles. The molecule has 0 aliphatic carbocycles. The van der Waals surface area contributed by atoms with Crippen LogP contribution in [0, 0.1) is 0 Å². The molecule has 0 radical (unpaired) electrons. The summed E-state index contributed by atoms with van der Waals surface area (Å²) < 4.78 is 5.33. The van der Waals surface area contributed by atoms with E-state index in [9.17, 15) is 5.11 Å². The van der Waals surface area contributed by atoms with Gasteiger partial charge in [-0.25, -0.2) is 0 Å². The Balaban J connectivity index is 2.74. The van der Waals surface area contributed by atoms with Crippen molar-refractivity contribution in [2.75, 3.05) is 6.61 Å². The zero-order valence-corrected chi connectivity index (χ0v) is 9.79. The monoisotopic (exact) mass is 246 g/mol. The predicted molar refractivity (Wildman–Crippen MR) is 62.6 cm³/mol. The number of rotatable bonds is 4. The second kappa shape index (κ2) is 6.01. The number of hydrogen-bond acceptors (Lipinski definition) is 2. The molecule has 0 fully saturated rings. The quantitative estimate of drug-likeness (QED) is 0.881. The van der Waals surface area contributed by atoms with Gasteiger partial charge in [0.15, 0.2) is 0 Å². The highest BCUT2D eigenvalue weighted by atomic mass is 35.5. The first-order valence-electron chi connectivity index (χ1n) is 4.50. The van der Waals surface area contributed by atoms with Gasteiger partial charge in [0.25, 0.3) is 0 Å². The van der Waals surface area contributed by atoms with E-state index in [0.717, 1.165) is 5.56 Å². The van der Waals surface area contributed by atoms with Gasteiger partial charge in [0, 0.05) is 5.54 Å². The molecule has 1 atom stereocenters. The van der Waals surface area contributed by atoms with Crippen LogP contribution in [0.3, 0.4) is 0 Å². The first kappa shape index (κ1) is 12.4. The van der Waals surface area contributed by atoms with E-state index < -0.39 is 6.10 Å². The highest BCUT2D eigenvalue weighted by Gasteiger charge is 2.05. The van der Waals surface area contributed by atoms with Crippen LogP contribution in [0.5, 0.6) is 5.75 Å². The van der Waals surface area contributed by atoms with Crippen LogP contribution in [0.4, 0.5) is 0 Å². The van der Waals surface area contributed by atoms with Gasteiger partial charge in [-0.05, 0) is 30.7 Å². The summed E-state index contributed by atoms with van der Waals surface area (Å²) in [5, 5.41) is 9.81. The van der Waals surface area contributed by atoms with E-state index in [1.807, 2.05) is 0 Å². The summed E-state index contributed by atoms with van der Waals surface area (Å²) in [6, 6.07) is 5.19. The fourth-order valence-corrected chi connectivity index (χ4v) is 1.38. The van der Waals surface area contributed by atoms with E-state index >= 15 is 0 Å². The maximum atomic E-state index is 9.33. The molecule has 0 amide bonds. The lowest BCUT2D eigenvalue weighted by atomic mass is 10.1. The van der Waals surface area contributed by atoms with Crippen molar-refractivity contribution in [3.05, 3.63) is 40.4 Å². The van der Waals surface area contributed by atoms with Crippen LogP contribution in [0.2, 0.25) is 5.02 Å². The zero-order chi connectivity index (χ0) is 11.3. The Labute approximate surface area is 99.1 Å². The van der Waals surface area contributed by atoms with Gasteiger partial charge in [0.1, 0.15) is 12.4 Å². The number of hydrogen-bond donors (Lipinski definition) is 1. The van der Waals surface area contributed by atoms with Gasteiger partial charge in [-0.2, -0.15) is 0 Å². The van der Waals surface area contributed by atoms with Crippen LogP contribution in [-0.2, 0) is 0 Å². The maximum absolute atomic E-state index is 9.33. The molecule has 0 spiro atoms. The number of benzene rings is 1. The molecular weight excluding hydrogens is 235 g/mol. The molecular formula is C11H12Cl2O2. The standard InChI is InChI=1S/C11H12Cl2O2/c1-8(14)9-3-4-11(10(13)7-9)15-6-2-5-12/h2-5,7-8,14H,6H2,1H3/b5-2+/t8-/m0/s1. The molecule has 15 heavy (non-hydrogen) atoms. The maximum Gasteiger partial charge on any atom is 0.138 e. The SMILES string of the molecule is C[C@H](O)c1ccc(OC/C=C/Cl)c(Cl)c1. The van der Waals surface area contributed by atoms with Crippen molar-refractivity contribution in [3.8, 4) is 5.75 Å². The van der Waals surface area contributed by atoms with Gasteiger partial charge in [-0.15, -0.1) is 0 Å². The molecule has 0 aliphatic heterocycles. The van der Waals surface area contributed by atoms with E-state index in [0.29, 0.717) is 17.4 Å². The van der Waals surface area contributed by atoms with E-state index in [-0.39, 0.29) is 0 Å². The van der Waals surface area contributed by atoms with E-state index in [4.69, 9.17) is 27.9 Å². The highest BCUT2D eigenvalue weighted by molar-refractivity contribution is 6.32. The van der Waals surface area contributed by atoms with Crippen molar-refractivity contribution in [2.24, 2.45) is 0 Å². The second-order valence-corrected chi connectivity index (χ2v) is 3.70. The minimum Gasteiger partial charge on any atom is -0.488 e. The van der Waals surface area contributed by atoms with Gasteiger partial charge >= 0.3 is 0 Å². The number of halogens is 2. The van der Waals surface area contributed by atoms with E-state index in [2.05, 4.69) is 0 Å². The van der Waals surface area contributed by atoms with Crippen molar-refractivity contribution in [2.45, 2.75) is 13.0 Å². The molecule has 4 heteroatoms. The summed E-state index contributed by atoms with van der Waals surface area (Å²) in [5.41, 5.74) is 2.15. The smallest absolute Gasteiger partial charge is 0.138 e. The molecule has 0 aromatic heterocycles. The topological polar surface area (TPSA) is 29.5 Å². The average molecular weight is 247 g/mol. The van der Waals surface area contributed by atoms with Crippen LogP contribution in [0.15, 0.2) is 29.8 Å². The van der Waals surface area contributed by atoms with E-state index in [1.54, 1.807) is 31.2 Å². The van der Waals surface area contributed by atoms with E-state index in [1.165, 1.54) is 5.54 Å². The van der Waals surface area contributed by atoms with Crippen LogP contribution >= 0.6 is 23.2 Å². The molecule has 0 aliphatic rings. The Kier molecular flexibility index (Phi) is 4.95. The Morgan fingerprint density at radius 2 is 2.27 bits per heavy atom. The van der Waals surface area contributed by atoms with Gasteiger partial charge in [-0.1, -0.05) is 29.3 Å². The summed E-state index contributed by atoms with van der Waals surface area (Å²) in [6.07, 6.45) is 1.14. The minimum atomic E-state index is -0.528. The van der Waals surface area contributed by atoms with Crippen molar-refractivity contribution in [3.63, 3.8) is 0 Å². The lowest BCUT2D eigenvalue weighted by molar-refractivity contribution is 0.199. The third kappa shape index (κ3) is 3.74. The lowest BCUT2D eigenvalue weighted by Crippen LogP contribution is -1.96. The number of aliphatic hydroxyl groups is 1. The van der Waals surface area contributed by atoms with Crippen LogP contribution < -0.4 is 4.74 Å². The second-order valence-electron chi connectivity index (χ2n) is 3.04. The zero-order valence-electron chi connectivity index (χ0n) is 8.28. The molecule has 0 saturated carbocycles. The fourth-order valence-electron chi connectivity index (χ4n) is 1.07. The highest BCUT2D eigenvalue weighted by Crippen LogP contribution is 2.27. The Morgan fingerprint density at radius 1 is 1.53 bits per heavy atom. The predicted octanol–water partition coefficient (Wildman–Crippen LogP) is 3.52. The largest absolute Gasteiger partial charge is 0.488 e. The van der Waals surface area contributed by atoms with Gasteiger partial charge in [-0.3, -0.25) is 0 Å². The molecule has 1 rings (SSSR count). The normalized spacial score (nSPS) is 13.1. The Bertz CT molecular complexity index is 348. The molecule has 0 bridgehead atoms. The van der Waals surface area contributed by atoms with Gasteiger partial charge in [0.05, 0.1) is 11.1 Å². The Hall–Kier alpha value is -0.700. The van der Waals surface area contributed by atoms with Crippen molar-refractivity contribution < 1.29 is 9.84 Å². The van der Waals surface area contributed by atoms with Crippen molar-refractivity contribution >= 4 is 23.2 Å². The van der Waals surface area contributed by atoms with Crippen LogP contribution in [-0.4, -0.2) is 11.7 Å². The number of aliphatic hydroxyl groups excluding tert-OH is 1.